The first-order valence-electron chi connectivity index (χ1n) is 5.52. The SMILES string of the molecule is CC(=O)c1nnccc1C1=C(C)NC(=O)C(C)S1. The average molecular weight is 263 g/mol. The van der Waals surface area contributed by atoms with Crippen molar-refractivity contribution in [2.24, 2.45) is 0 Å². The van der Waals surface area contributed by atoms with Gasteiger partial charge in [0, 0.05) is 23.1 Å². The van der Waals surface area contributed by atoms with E-state index in [2.05, 4.69) is 15.5 Å². The lowest BCUT2D eigenvalue weighted by Crippen LogP contribution is -2.33. The number of hydrogen-bond acceptors (Lipinski definition) is 5. The van der Waals surface area contributed by atoms with Crippen molar-refractivity contribution < 1.29 is 9.59 Å². The molecule has 1 N–H and O–H groups in total. The Morgan fingerprint density at radius 3 is 2.89 bits per heavy atom. The molecule has 1 amide bonds. The summed E-state index contributed by atoms with van der Waals surface area (Å²) in [5.74, 6) is -0.156. The molecule has 0 radical (unpaired) electrons. The second kappa shape index (κ2) is 4.89. The van der Waals surface area contributed by atoms with Gasteiger partial charge in [-0.05, 0) is 19.9 Å². The summed E-state index contributed by atoms with van der Waals surface area (Å²) in [5.41, 5.74) is 1.81. The third-order valence-electron chi connectivity index (χ3n) is 2.61. The number of rotatable bonds is 2. The van der Waals surface area contributed by atoms with Gasteiger partial charge in [0.25, 0.3) is 0 Å². The lowest BCUT2D eigenvalue weighted by molar-refractivity contribution is -0.119. The van der Waals surface area contributed by atoms with Crippen LogP contribution in [0.25, 0.3) is 4.91 Å². The molecule has 2 rings (SSSR count). The molecule has 5 nitrogen and oxygen atoms in total. The lowest BCUT2D eigenvalue weighted by atomic mass is 10.1. The molecule has 0 fully saturated rings. The second-order valence-electron chi connectivity index (χ2n) is 4.05. The second-order valence-corrected chi connectivity index (χ2v) is 5.40. The van der Waals surface area contributed by atoms with Crippen LogP contribution in [0.3, 0.4) is 0 Å². The van der Waals surface area contributed by atoms with E-state index in [1.807, 2.05) is 13.8 Å². The molecule has 1 aromatic heterocycles. The van der Waals surface area contributed by atoms with Crippen molar-refractivity contribution in [3.05, 3.63) is 29.2 Å². The first kappa shape index (κ1) is 12.8. The monoisotopic (exact) mass is 263 g/mol. The van der Waals surface area contributed by atoms with Crippen molar-refractivity contribution in [2.45, 2.75) is 26.0 Å². The zero-order valence-corrected chi connectivity index (χ0v) is 11.2. The van der Waals surface area contributed by atoms with E-state index >= 15 is 0 Å². The first-order valence-corrected chi connectivity index (χ1v) is 6.40. The highest BCUT2D eigenvalue weighted by atomic mass is 32.2. The highest BCUT2D eigenvalue weighted by Crippen LogP contribution is 2.37. The normalized spacial score (nSPS) is 19.7. The van der Waals surface area contributed by atoms with Crippen molar-refractivity contribution in [3.63, 3.8) is 0 Å². The number of amides is 1. The van der Waals surface area contributed by atoms with Crippen molar-refractivity contribution in [2.75, 3.05) is 0 Å². The molecule has 0 saturated carbocycles. The number of nitrogens with one attached hydrogen (secondary N) is 1. The molecule has 1 atom stereocenters. The van der Waals surface area contributed by atoms with Gasteiger partial charge in [-0.3, -0.25) is 9.59 Å². The maximum Gasteiger partial charge on any atom is 0.237 e. The topological polar surface area (TPSA) is 72.0 Å². The molecule has 0 spiro atoms. The smallest absolute Gasteiger partial charge is 0.237 e. The van der Waals surface area contributed by atoms with Crippen molar-refractivity contribution in [3.8, 4) is 0 Å². The summed E-state index contributed by atoms with van der Waals surface area (Å²) in [6, 6.07) is 1.75. The van der Waals surface area contributed by atoms with E-state index in [9.17, 15) is 9.59 Å². The minimum Gasteiger partial charge on any atom is -0.328 e. The highest BCUT2D eigenvalue weighted by molar-refractivity contribution is 8.09. The summed E-state index contributed by atoms with van der Waals surface area (Å²) in [6.45, 7) is 5.10. The van der Waals surface area contributed by atoms with Gasteiger partial charge in [-0.25, -0.2) is 0 Å². The molecule has 1 aliphatic rings. The van der Waals surface area contributed by atoms with Gasteiger partial charge >= 0.3 is 0 Å². The van der Waals surface area contributed by atoms with Crippen LogP contribution in [0.5, 0.6) is 0 Å². The summed E-state index contributed by atoms with van der Waals surface area (Å²) < 4.78 is 0. The molecule has 0 bridgehead atoms. The predicted octanol–water partition coefficient (Wildman–Crippen LogP) is 1.62. The maximum absolute atomic E-state index is 11.5. The summed E-state index contributed by atoms with van der Waals surface area (Å²) in [7, 11) is 0. The Bertz CT molecular complexity index is 554. The number of nitrogens with zero attached hydrogens (tertiary/aromatic N) is 2. The van der Waals surface area contributed by atoms with Crippen LogP contribution in [0.2, 0.25) is 0 Å². The van der Waals surface area contributed by atoms with Crippen molar-refractivity contribution in [1.82, 2.24) is 15.5 Å². The Hall–Kier alpha value is -1.69. The minimum absolute atomic E-state index is 0.0207. The quantitative estimate of drug-likeness (QED) is 0.821. The molecule has 6 heteroatoms. The van der Waals surface area contributed by atoms with Crippen LogP contribution in [-0.4, -0.2) is 27.1 Å². The Kier molecular flexibility index (Phi) is 3.47. The largest absolute Gasteiger partial charge is 0.328 e. The lowest BCUT2D eigenvalue weighted by Gasteiger charge is -2.23. The van der Waals surface area contributed by atoms with E-state index in [1.165, 1.54) is 18.7 Å². The maximum atomic E-state index is 11.5. The Balaban J connectivity index is 2.52. The summed E-state index contributed by atoms with van der Waals surface area (Å²) >= 11 is 1.43. The van der Waals surface area contributed by atoms with Gasteiger partial charge in [0.05, 0.1) is 11.4 Å². The number of carbonyl (C=O) groups is 2. The van der Waals surface area contributed by atoms with Crippen LogP contribution in [-0.2, 0) is 4.79 Å². The number of hydrogen-bond donors (Lipinski definition) is 1. The fourth-order valence-electron chi connectivity index (χ4n) is 1.70. The van der Waals surface area contributed by atoms with Gasteiger partial charge in [-0.1, -0.05) is 0 Å². The van der Waals surface area contributed by atoms with Crippen LogP contribution in [0, 0.1) is 0 Å². The number of ketones is 1. The van der Waals surface area contributed by atoms with E-state index in [4.69, 9.17) is 0 Å². The number of carbonyl (C=O) groups excluding carboxylic acids is 2. The number of thioether (sulfide) groups is 1. The zero-order chi connectivity index (χ0) is 13.3. The van der Waals surface area contributed by atoms with E-state index in [0.29, 0.717) is 5.69 Å². The third kappa shape index (κ3) is 2.28. The standard InChI is InChI=1S/C12H13N3O2S/c1-6-11(18-8(3)12(17)14-6)9-4-5-13-15-10(9)7(2)16/h4-5,8H,1-3H3,(H,14,17). The van der Waals surface area contributed by atoms with Gasteiger partial charge in [0.15, 0.2) is 5.78 Å². The number of aromatic nitrogens is 2. The average Bonchev–Trinajstić information content (AvgIpc) is 2.34. The van der Waals surface area contributed by atoms with E-state index in [1.54, 1.807) is 12.3 Å². The molecule has 0 saturated heterocycles. The molecular weight excluding hydrogens is 250 g/mol. The number of Topliss-reactive ketones (excluding diaryl/α,β-unsaturated/α-hetero) is 1. The molecule has 1 aliphatic heterocycles. The van der Waals surface area contributed by atoms with Crippen LogP contribution in [0.1, 0.15) is 36.8 Å². The molecule has 0 aliphatic carbocycles. The fraction of sp³-hybridized carbons (Fsp3) is 0.333. The van der Waals surface area contributed by atoms with Gasteiger partial charge in [0.1, 0.15) is 5.69 Å². The predicted molar refractivity (Wildman–Crippen MR) is 69.8 cm³/mol. The van der Waals surface area contributed by atoms with E-state index in [0.717, 1.165) is 16.2 Å². The number of allylic oxidation sites excluding steroid dienone is 1. The summed E-state index contributed by atoms with van der Waals surface area (Å²) in [6.07, 6.45) is 1.55. The van der Waals surface area contributed by atoms with E-state index < -0.39 is 0 Å². The van der Waals surface area contributed by atoms with Gasteiger partial charge in [-0.15, -0.1) is 16.9 Å². The zero-order valence-electron chi connectivity index (χ0n) is 10.4. The highest BCUT2D eigenvalue weighted by Gasteiger charge is 2.26. The Labute approximate surface area is 109 Å². The molecular formula is C12H13N3O2S. The van der Waals surface area contributed by atoms with Crippen LogP contribution >= 0.6 is 11.8 Å². The van der Waals surface area contributed by atoms with Gasteiger partial charge < -0.3 is 5.32 Å². The van der Waals surface area contributed by atoms with Gasteiger partial charge in [-0.2, -0.15) is 5.10 Å². The van der Waals surface area contributed by atoms with Crippen LogP contribution in [0.15, 0.2) is 18.0 Å². The molecule has 94 valence electrons. The molecule has 0 aromatic carbocycles. The van der Waals surface area contributed by atoms with Crippen LogP contribution in [0.4, 0.5) is 0 Å². The molecule has 2 heterocycles. The summed E-state index contributed by atoms with van der Waals surface area (Å²) in [4.78, 5) is 24.0. The third-order valence-corrected chi connectivity index (χ3v) is 3.94. The van der Waals surface area contributed by atoms with Gasteiger partial charge in [0.2, 0.25) is 5.91 Å². The minimum atomic E-state index is -0.184. The first-order chi connectivity index (χ1) is 8.50. The molecule has 1 aromatic rings. The van der Waals surface area contributed by atoms with Crippen LogP contribution < -0.4 is 5.32 Å². The Morgan fingerprint density at radius 1 is 1.50 bits per heavy atom. The van der Waals surface area contributed by atoms with E-state index in [-0.39, 0.29) is 16.9 Å². The van der Waals surface area contributed by atoms with Crippen molar-refractivity contribution in [1.29, 1.82) is 0 Å². The summed E-state index contributed by atoms with van der Waals surface area (Å²) in [5, 5.41) is 10.2. The fourth-order valence-corrected chi connectivity index (χ4v) is 2.74. The van der Waals surface area contributed by atoms with Crippen molar-refractivity contribution >= 4 is 28.4 Å². The molecule has 1 unspecified atom stereocenters. The molecule has 18 heavy (non-hydrogen) atoms. The Morgan fingerprint density at radius 2 is 2.22 bits per heavy atom.